The molecule has 1 fully saturated rings. The molecule has 1 unspecified atom stereocenters. The number of anilines is 1. The van der Waals surface area contributed by atoms with E-state index in [2.05, 4.69) is 10.2 Å². The molecule has 0 radical (unpaired) electrons. The molecule has 0 aromatic heterocycles. The average molecular weight is 237 g/mol. The first-order valence-electron chi connectivity index (χ1n) is 6.16. The largest absolute Gasteiger partial charge is 0.367 e. The van der Waals surface area contributed by atoms with Gasteiger partial charge in [0.25, 0.3) is 0 Å². The summed E-state index contributed by atoms with van der Waals surface area (Å²) >= 11 is 0. The quantitative estimate of drug-likeness (QED) is 0.828. The first kappa shape index (κ1) is 12.3. The summed E-state index contributed by atoms with van der Waals surface area (Å²) in [5.41, 5.74) is 7.39. The molecule has 3 nitrogen and oxygen atoms in total. The SMILES string of the molecule is CC(N)Cc1ccc(N2CCNCC2)c(F)c1. The number of piperazine rings is 1. The van der Waals surface area contributed by atoms with Crippen molar-refractivity contribution in [3.05, 3.63) is 29.6 Å². The van der Waals surface area contributed by atoms with Gasteiger partial charge in [0.15, 0.2) is 0 Å². The first-order valence-corrected chi connectivity index (χ1v) is 6.16. The van der Waals surface area contributed by atoms with Gasteiger partial charge in [-0.1, -0.05) is 6.07 Å². The summed E-state index contributed by atoms with van der Waals surface area (Å²) in [5, 5.41) is 3.26. The second-order valence-corrected chi connectivity index (χ2v) is 4.70. The Labute approximate surface area is 102 Å². The van der Waals surface area contributed by atoms with Gasteiger partial charge in [-0.05, 0) is 31.0 Å². The predicted octanol–water partition coefficient (Wildman–Crippen LogP) is 1.12. The van der Waals surface area contributed by atoms with Gasteiger partial charge in [-0.3, -0.25) is 0 Å². The fourth-order valence-electron chi connectivity index (χ4n) is 2.21. The highest BCUT2D eigenvalue weighted by Crippen LogP contribution is 2.21. The first-order chi connectivity index (χ1) is 8.16. The molecule has 4 heteroatoms. The smallest absolute Gasteiger partial charge is 0.146 e. The molecule has 0 amide bonds. The molecule has 0 bridgehead atoms. The van der Waals surface area contributed by atoms with Crippen molar-refractivity contribution in [2.45, 2.75) is 19.4 Å². The summed E-state index contributed by atoms with van der Waals surface area (Å²) in [4.78, 5) is 2.08. The van der Waals surface area contributed by atoms with Crippen molar-refractivity contribution in [2.75, 3.05) is 31.1 Å². The molecule has 3 N–H and O–H groups in total. The number of benzene rings is 1. The summed E-state index contributed by atoms with van der Waals surface area (Å²) in [6.45, 7) is 5.50. The third-order valence-electron chi connectivity index (χ3n) is 3.03. The highest BCUT2D eigenvalue weighted by atomic mass is 19.1. The summed E-state index contributed by atoms with van der Waals surface area (Å²) in [7, 11) is 0. The Morgan fingerprint density at radius 3 is 2.71 bits per heavy atom. The van der Waals surface area contributed by atoms with E-state index in [0.717, 1.165) is 38.2 Å². The van der Waals surface area contributed by atoms with E-state index in [9.17, 15) is 4.39 Å². The monoisotopic (exact) mass is 237 g/mol. The third-order valence-corrected chi connectivity index (χ3v) is 3.03. The molecule has 0 spiro atoms. The molecule has 1 aliphatic rings. The van der Waals surface area contributed by atoms with E-state index in [4.69, 9.17) is 5.73 Å². The van der Waals surface area contributed by atoms with Gasteiger partial charge in [-0.15, -0.1) is 0 Å². The fourth-order valence-corrected chi connectivity index (χ4v) is 2.21. The molecule has 1 saturated heterocycles. The molecule has 1 aliphatic heterocycles. The Bertz CT molecular complexity index is 373. The maximum atomic E-state index is 14.0. The Kier molecular flexibility index (Phi) is 3.97. The number of nitrogens with zero attached hydrogens (tertiary/aromatic N) is 1. The van der Waals surface area contributed by atoms with Crippen LogP contribution in [0.2, 0.25) is 0 Å². The molecule has 0 saturated carbocycles. The van der Waals surface area contributed by atoms with Crippen LogP contribution in [-0.4, -0.2) is 32.2 Å². The summed E-state index contributed by atoms with van der Waals surface area (Å²) in [5.74, 6) is -0.134. The molecule has 94 valence electrons. The van der Waals surface area contributed by atoms with Crippen molar-refractivity contribution >= 4 is 5.69 Å². The van der Waals surface area contributed by atoms with Crippen LogP contribution >= 0.6 is 0 Å². The zero-order valence-corrected chi connectivity index (χ0v) is 10.2. The minimum Gasteiger partial charge on any atom is -0.367 e. The zero-order chi connectivity index (χ0) is 12.3. The molecule has 1 atom stereocenters. The van der Waals surface area contributed by atoms with Crippen LogP contribution in [0.15, 0.2) is 18.2 Å². The van der Waals surface area contributed by atoms with E-state index in [-0.39, 0.29) is 11.9 Å². The number of hydrogen-bond donors (Lipinski definition) is 2. The molecule has 1 aromatic rings. The lowest BCUT2D eigenvalue weighted by Gasteiger charge is -2.29. The average Bonchev–Trinajstić information content (AvgIpc) is 2.29. The molecular weight excluding hydrogens is 217 g/mol. The van der Waals surface area contributed by atoms with Crippen molar-refractivity contribution < 1.29 is 4.39 Å². The molecule has 2 rings (SSSR count). The van der Waals surface area contributed by atoms with Crippen LogP contribution in [0.3, 0.4) is 0 Å². The number of nitrogens with one attached hydrogen (secondary N) is 1. The normalized spacial score (nSPS) is 18.2. The van der Waals surface area contributed by atoms with Gasteiger partial charge in [0.05, 0.1) is 5.69 Å². The van der Waals surface area contributed by atoms with E-state index >= 15 is 0 Å². The Morgan fingerprint density at radius 2 is 2.12 bits per heavy atom. The van der Waals surface area contributed by atoms with E-state index in [1.807, 2.05) is 19.1 Å². The standard InChI is InChI=1S/C13H20FN3/c1-10(15)8-11-2-3-13(12(14)9-11)17-6-4-16-5-7-17/h2-3,9-10,16H,4-8,15H2,1H3. The maximum absolute atomic E-state index is 14.0. The van der Waals surface area contributed by atoms with Crippen molar-refractivity contribution in [2.24, 2.45) is 5.73 Å². The van der Waals surface area contributed by atoms with Gasteiger partial charge in [0.2, 0.25) is 0 Å². The van der Waals surface area contributed by atoms with Crippen LogP contribution in [0, 0.1) is 5.82 Å². The van der Waals surface area contributed by atoms with Gasteiger partial charge in [0, 0.05) is 32.2 Å². The van der Waals surface area contributed by atoms with Crippen LogP contribution in [0.1, 0.15) is 12.5 Å². The van der Waals surface area contributed by atoms with Crippen molar-refractivity contribution in [1.29, 1.82) is 0 Å². The summed E-state index contributed by atoms with van der Waals surface area (Å²) in [6.07, 6.45) is 0.721. The minimum atomic E-state index is -0.134. The van der Waals surface area contributed by atoms with E-state index in [1.54, 1.807) is 6.07 Å². The third kappa shape index (κ3) is 3.17. The van der Waals surface area contributed by atoms with Gasteiger partial charge >= 0.3 is 0 Å². The predicted molar refractivity (Wildman–Crippen MR) is 68.8 cm³/mol. The number of halogens is 1. The van der Waals surface area contributed by atoms with Gasteiger partial charge in [-0.25, -0.2) is 4.39 Å². The van der Waals surface area contributed by atoms with Gasteiger partial charge < -0.3 is 16.0 Å². The molecular formula is C13H20FN3. The molecule has 1 heterocycles. The Balaban J connectivity index is 2.13. The Morgan fingerprint density at radius 1 is 1.41 bits per heavy atom. The van der Waals surface area contributed by atoms with Crippen LogP contribution in [-0.2, 0) is 6.42 Å². The van der Waals surface area contributed by atoms with Crippen LogP contribution in [0.5, 0.6) is 0 Å². The number of nitrogens with two attached hydrogens (primary N) is 1. The highest BCUT2D eigenvalue weighted by molar-refractivity contribution is 5.49. The molecule has 17 heavy (non-hydrogen) atoms. The lowest BCUT2D eigenvalue weighted by molar-refractivity contribution is 0.565. The van der Waals surface area contributed by atoms with Crippen LogP contribution in [0.25, 0.3) is 0 Å². The summed E-state index contributed by atoms with van der Waals surface area (Å²) < 4.78 is 14.0. The van der Waals surface area contributed by atoms with E-state index in [1.165, 1.54) is 0 Å². The lowest BCUT2D eigenvalue weighted by atomic mass is 10.1. The molecule has 1 aromatic carbocycles. The van der Waals surface area contributed by atoms with E-state index in [0.29, 0.717) is 5.69 Å². The van der Waals surface area contributed by atoms with E-state index < -0.39 is 0 Å². The van der Waals surface area contributed by atoms with Crippen LogP contribution in [0.4, 0.5) is 10.1 Å². The number of rotatable bonds is 3. The van der Waals surface area contributed by atoms with Crippen molar-refractivity contribution in [3.63, 3.8) is 0 Å². The summed E-state index contributed by atoms with van der Waals surface area (Å²) in [6, 6.07) is 5.53. The second-order valence-electron chi connectivity index (χ2n) is 4.70. The van der Waals surface area contributed by atoms with Crippen molar-refractivity contribution in [1.82, 2.24) is 5.32 Å². The topological polar surface area (TPSA) is 41.3 Å². The van der Waals surface area contributed by atoms with Gasteiger partial charge in [0.1, 0.15) is 5.82 Å². The van der Waals surface area contributed by atoms with Crippen LogP contribution < -0.4 is 16.0 Å². The zero-order valence-electron chi connectivity index (χ0n) is 10.2. The number of hydrogen-bond acceptors (Lipinski definition) is 3. The fraction of sp³-hybridized carbons (Fsp3) is 0.538. The molecule has 0 aliphatic carbocycles. The lowest BCUT2D eigenvalue weighted by Crippen LogP contribution is -2.43. The highest BCUT2D eigenvalue weighted by Gasteiger charge is 2.14. The second kappa shape index (κ2) is 5.47. The maximum Gasteiger partial charge on any atom is 0.146 e. The van der Waals surface area contributed by atoms with Gasteiger partial charge in [-0.2, -0.15) is 0 Å². The minimum absolute atomic E-state index is 0.0689. The Hall–Kier alpha value is -1.13. The van der Waals surface area contributed by atoms with Crippen molar-refractivity contribution in [3.8, 4) is 0 Å².